The molecule has 0 saturated carbocycles. The summed E-state index contributed by atoms with van der Waals surface area (Å²) in [5, 5.41) is 1.12. The highest BCUT2D eigenvalue weighted by Gasteiger charge is 2.19. The van der Waals surface area contributed by atoms with Gasteiger partial charge in [-0.1, -0.05) is 11.6 Å². The van der Waals surface area contributed by atoms with Gasteiger partial charge in [-0.15, -0.1) is 0 Å². The molecule has 130 valence electrons. The van der Waals surface area contributed by atoms with Crippen molar-refractivity contribution >= 4 is 16.7 Å². The van der Waals surface area contributed by atoms with E-state index >= 15 is 0 Å². The zero-order valence-electron chi connectivity index (χ0n) is 14.5. The van der Waals surface area contributed by atoms with Crippen LogP contribution in [0.3, 0.4) is 0 Å². The Morgan fingerprint density at radius 1 is 1.04 bits per heavy atom. The molecule has 0 unspecified atom stereocenters. The molecule has 3 rings (SSSR count). The number of carbonyl (C=O) groups excluding carboxylic acids is 1. The van der Waals surface area contributed by atoms with E-state index < -0.39 is 0 Å². The number of Topliss-reactive ketones (excluding diaryl/α,β-unsaturated/α-hetero) is 1. The molecule has 0 atom stereocenters. The molecule has 1 heterocycles. The van der Waals surface area contributed by atoms with Gasteiger partial charge in [0, 0.05) is 23.6 Å². The summed E-state index contributed by atoms with van der Waals surface area (Å²) >= 11 is 0. The fourth-order valence-electron chi connectivity index (χ4n) is 2.81. The third kappa shape index (κ3) is 3.99. The highest BCUT2D eigenvalue weighted by atomic mass is 79.9. The van der Waals surface area contributed by atoms with Crippen molar-refractivity contribution in [3.63, 3.8) is 0 Å². The van der Waals surface area contributed by atoms with Crippen molar-refractivity contribution in [1.29, 1.82) is 0 Å². The molecule has 0 aliphatic heterocycles. The van der Waals surface area contributed by atoms with Crippen LogP contribution in [0.5, 0.6) is 11.5 Å². The van der Waals surface area contributed by atoms with E-state index in [-0.39, 0.29) is 29.3 Å². The SMILES string of the molecule is COc1ccc(C(=O)C[n+]2cccc3cc(C)ccc32)c(OC)c1.[Br-]. The van der Waals surface area contributed by atoms with Crippen molar-refractivity contribution in [1.82, 2.24) is 0 Å². The molecular weight excluding hydrogens is 382 g/mol. The van der Waals surface area contributed by atoms with Crippen LogP contribution in [-0.4, -0.2) is 20.0 Å². The minimum Gasteiger partial charge on any atom is -1.00 e. The zero-order valence-corrected chi connectivity index (χ0v) is 16.0. The first-order valence-electron chi connectivity index (χ1n) is 7.76. The van der Waals surface area contributed by atoms with Gasteiger partial charge in [0.2, 0.25) is 17.8 Å². The third-order valence-corrected chi connectivity index (χ3v) is 4.06. The number of carbonyl (C=O) groups is 1. The number of halogens is 1. The number of ketones is 1. The number of hydrogen-bond donors (Lipinski definition) is 0. The zero-order chi connectivity index (χ0) is 17.1. The van der Waals surface area contributed by atoms with E-state index in [0.717, 1.165) is 10.9 Å². The predicted molar refractivity (Wildman–Crippen MR) is 92.8 cm³/mol. The van der Waals surface area contributed by atoms with Crippen molar-refractivity contribution in [2.75, 3.05) is 14.2 Å². The van der Waals surface area contributed by atoms with E-state index in [9.17, 15) is 4.79 Å². The Bertz CT molecular complexity index is 909. The lowest BCUT2D eigenvalue weighted by Gasteiger charge is -2.09. The number of aromatic nitrogens is 1. The summed E-state index contributed by atoms with van der Waals surface area (Å²) in [6.45, 7) is 2.31. The van der Waals surface area contributed by atoms with Gasteiger partial charge in [-0.05, 0) is 31.2 Å². The Morgan fingerprint density at radius 2 is 1.84 bits per heavy atom. The maximum atomic E-state index is 12.8. The Hall–Kier alpha value is -2.40. The van der Waals surface area contributed by atoms with Crippen LogP contribution in [0.2, 0.25) is 0 Å². The molecule has 0 saturated heterocycles. The number of aryl methyl sites for hydroxylation is 1. The number of hydrogen-bond acceptors (Lipinski definition) is 3. The molecule has 0 N–H and O–H groups in total. The molecule has 4 nitrogen and oxygen atoms in total. The largest absolute Gasteiger partial charge is 1.00 e. The normalized spacial score (nSPS) is 10.2. The number of nitrogens with zero attached hydrogens (tertiary/aromatic N) is 1. The molecule has 0 fully saturated rings. The van der Waals surface area contributed by atoms with Crippen LogP contribution >= 0.6 is 0 Å². The average molecular weight is 402 g/mol. The van der Waals surface area contributed by atoms with Crippen molar-refractivity contribution < 1.29 is 35.8 Å². The van der Waals surface area contributed by atoms with Gasteiger partial charge in [0.15, 0.2) is 6.20 Å². The van der Waals surface area contributed by atoms with Gasteiger partial charge < -0.3 is 26.5 Å². The third-order valence-electron chi connectivity index (χ3n) is 4.06. The highest BCUT2D eigenvalue weighted by Crippen LogP contribution is 2.25. The first-order valence-corrected chi connectivity index (χ1v) is 7.76. The molecule has 0 amide bonds. The summed E-state index contributed by atoms with van der Waals surface area (Å²) < 4.78 is 12.5. The van der Waals surface area contributed by atoms with Gasteiger partial charge in [0.1, 0.15) is 11.5 Å². The van der Waals surface area contributed by atoms with Crippen LogP contribution in [0.25, 0.3) is 10.9 Å². The second-order valence-electron chi connectivity index (χ2n) is 5.69. The molecule has 1 aromatic heterocycles. The summed E-state index contributed by atoms with van der Waals surface area (Å²) in [7, 11) is 3.14. The molecule has 5 heteroatoms. The fraction of sp³-hybridized carbons (Fsp3) is 0.200. The van der Waals surface area contributed by atoms with Crippen LogP contribution in [0, 0.1) is 6.92 Å². The maximum absolute atomic E-state index is 12.8. The molecule has 25 heavy (non-hydrogen) atoms. The van der Waals surface area contributed by atoms with Crippen molar-refractivity contribution in [3.05, 3.63) is 65.9 Å². The van der Waals surface area contributed by atoms with Gasteiger partial charge in [0.05, 0.1) is 19.8 Å². The summed E-state index contributed by atoms with van der Waals surface area (Å²) in [4.78, 5) is 12.8. The Morgan fingerprint density at radius 3 is 2.56 bits per heavy atom. The number of pyridine rings is 1. The topological polar surface area (TPSA) is 39.4 Å². The molecule has 3 aromatic rings. The monoisotopic (exact) mass is 401 g/mol. The Kier molecular flexibility index (Phi) is 6.15. The summed E-state index contributed by atoms with van der Waals surface area (Å²) in [5.41, 5.74) is 2.78. The summed E-state index contributed by atoms with van der Waals surface area (Å²) in [6, 6.07) is 15.5. The molecule has 0 bridgehead atoms. The molecule has 0 aliphatic carbocycles. The first-order chi connectivity index (χ1) is 11.6. The van der Waals surface area contributed by atoms with Crippen LogP contribution in [0.4, 0.5) is 0 Å². The number of rotatable bonds is 5. The Balaban J connectivity index is 0.00000225. The number of methoxy groups -OCH3 is 2. The molecule has 0 spiro atoms. The van der Waals surface area contributed by atoms with Crippen LogP contribution in [0.15, 0.2) is 54.7 Å². The molecular formula is C20H20BrNO3. The number of benzene rings is 2. The predicted octanol–water partition coefficient (Wildman–Crippen LogP) is 0.340. The smallest absolute Gasteiger partial charge is 0.231 e. The molecule has 0 radical (unpaired) electrons. The van der Waals surface area contributed by atoms with Crippen LogP contribution in [-0.2, 0) is 6.54 Å². The van der Waals surface area contributed by atoms with Crippen LogP contribution in [0.1, 0.15) is 15.9 Å². The lowest BCUT2D eigenvalue weighted by molar-refractivity contribution is -0.657. The van der Waals surface area contributed by atoms with Gasteiger partial charge >= 0.3 is 0 Å². The Labute approximate surface area is 157 Å². The number of ether oxygens (including phenoxy) is 2. The lowest BCUT2D eigenvalue weighted by atomic mass is 10.1. The second kappa shape index (κ2) is 8.12. The average Bonchev–Trinajstić information content (AvgIpc) is 2.60. The van der Waals surface area contributed by atoms with Crippen molar-refractivity contribution in [3.8, 4) is 11.5 Å². The first kappa shape index (κ1) is 18.9. The fourth-order valence-corrected chi connectivity index (χ4v) is 2.81. The second-order valence-corrected chi connectivity index (χ2v) is 5.69. The quantitative estimate of drug-likeness (QED) is 0.457. The number of fused-ring (bicyclic) bond motifs is 1. The minimum absolute atomic E-state index is 0. The van der Waals surface area contributed by atoms with E-state index in [1.165, 1.54) is 5.56 Å². The van der Waals surface area contributed by atoms with Gasteiger partial charge in [0.25, 0.3) is 0 Å². The highest BCUT2D eigenvalue weighted by molar-refractivity contribution is 5.98. The summed E-state index contributed by atoms with van der Waals surface area (Å²) in [6.07, 6.45) is 1.92. The van der Waals surface area contributed by atoms with Crippen LogP contribution < -0.4 is 31.0 Å². The lowest BCUT2D eigenvalue weighted by Crippen LogP contribution is -3.00. The maximum Gasteiger partial charge on any atom is 0.231 e. The summed E-state index contributed by atoms with van der Waals surface area (Å²) in [5.74, 6) is 1.18. The van der Waals surface area contributed by atoms with Gasteiger partial charge in [-0.2, -0.15) is 4.57 Å². The van der Waals surface area contributed by atoms with E-state index in [0.29, 0.717) is 17.1 Å². The molecule has 2 aromatic carbocycles. The van der Waals surface area contributed by atoms with Gasteiger partial charge in [-0.25, -0.2) is 0 Å². The molecule has 0 aliphatic rings. The van der Waals surface area contributed by atoms with E-state index in [1.54, 1.807) is 32.4 Å². The van der Waals surface area contributed by atoms with E-state index in [2.05, 4.69) is 25.1 Å². The standard InChI is InChI=1S/C20H20NO3.BrH/c1-14-6-9-18-15(11-14)5-4-10-21(18)13-19(22)17-8-7-16(23-2)12-20(17)24-3;/h4-12H,13H2,1-3H3;1H/q+1;/p-1. The minimum atomic E-state index is -0.00687. The van der Waals surface area contributed by atoms with E-state index in [4.69, 9.17) is 9.47 Å². The van der Waals surface area contributed by atoms with Crippen molar-refractivity contribution in [2.45, 2.75) is 13.5 Å². The van der Waals surface area contributed by atoms with Gasteiger partial charge in [-0.3, -0.25) is 4.79 Å². The van der Waals surface area contributed by atoms with E-state index in [1.807, 2.05) is 22.9 Å². The van der Waals surface area contributed by atoms with Crippen molar-refractivity contribution in [2.24, 2.45) is 0 Å².